The van der Waals surface area contributed by atoms with E-state index >= 15 is 0 Å². The summed E-state index contributed by atoms with van der Waals surface area (Å²) in [6, 6.07) is 6.31. The molecule has 142 valence electrons. The topological polar surface area (TPSA) is 3.88 Å². The van der Waals surface area contributed by atoms with Crippen molar-refractivity contribution < 1.29 is 21.5 Å². The first-order chi connectivity index (χ1) is 10.9. The number of aryl methyl sites for hydroxylation is 1. The summed E-state index contributed by atoms with van der Waals surface area (Å²) in [5.41, 5.74) is 0. The third-order valence-corrected chi connectivity index (χ3v) is 4.55. The zero-order chi connectivity index (χ0) is 15.7. The van der Waals surface area contributed by atoms with Gasteiger partial charge in [0, 0.05) is 18.6 Å². The summed E-state index contributed by atoms with van der Waals surface area (Å²) in [5, 5.41) is 0. The van der Waals surface area contributed by atoms with E-state index in [2.05, 4.69) is 42.1 Å². The molecule has 0 aliphatic heterocycles. The van der Waals surface area contributed by atoms with E-state index in [1.54, 1.807) is 0 Å². The van der Waals surface area contributed by atoms with Crippen LogP contribution in [0.15, 0.2) is 30.6 Å². The van der Waals surface area contributed by atoms with E-state index in [0.29, 0.717) is 0 Å². The lowest BCUT2D eigenvalue weighted by molar-refractivity contribution is -0.697. The van der Waals surface area contributed by atoms with Crippen molar-refractivity contribution in [1.29, 1.82) is 0 Å². The van der Waals surface area contributed by atoms with Crippen LogP contribution in [0.2, 0.25) is 0 Å². The Morgan fingerprint density at radius 1 is 0.542 bits per heavy atom. The molecule has 0 saturated carbocycles. The van der Waals surface area contributed by atoms with Gasteiger partial charge in [-0.2, -0.15) is 0 Å². The lowest BCUT2D eigenvalue weighted by atomic mass is 10.0. The highest BCUT2D eigenvalue weighted by Gasteiger charge is 1.98. The molecule has 0 amide bonds. The van der Waals surface area contributed by atoms with Crippen molar-refractivity contribution in [2.24, 2.45) is 0 Å². The van der Waals surface area contributed by atoms with Crippen molar-refractivity contribution in [3.63, 3.8) is 0 Å². The Labute approximate surface area is 167 Å². The summed E-state index contributed by atoms with van der Waals surface area (Å²) >= 11 is 0. The average molecular weight is 421 g/mol. The smallest absolute Gasteiger partial charge is 0.168 e. The normalized spacial score (nSPS) is 10.0. The second kappa shape index (κ2) is 21.0. The van der Waals surface area contributed by atoms with Gasteiger partial charge in [0.1, 0.15) is 6.54 Å². The van der Waals surface area contributed by atoms with E-state index in [1.807, 2.05) is 0 Å². The third kappa shape index (κ3) is 16.8. The first-order valence-electron chi connectivity index (χ1n) is 9.87. The standard InChI is InChI=1S/C21H38N.BrH.ClH/c1-2-3-4-5-6-7-8-9-10-11-12-13-14-16-19-22-20-17-15-18-21-22;;/h15,17-18,20-21H,2-14,16,19H2,1H3;2*1H/q+1;;/p-1. The number of hydrogen-bond donors (Lipinski definition) is 0. The number of unbranched alkanes of at least 4 members (excludes halogenated alkanes) is 13. The fourth-order valence-electron chi connectivity index (χ4n) is 3.07. The lowest BCUT2D eigenvalue weighted by Gasteiger charge is -2.02. The Morgan fingerprint density at radius 2 is 0.917 bits per heavy atom. The van der Waals surface area contributed by atoms with Gasteiger partial charge in [-0.3, -0.25) is 0 Å². The highest BCUT2D eigenvalue weighted by atomic mass is 79.9. The molecule has 0 N–H and O–H groups in total. The van der Waals surface area contributed by atoms with Crippen LogP contribution in [0, 0.1) is 0 Å². The summed E-state index contributed by atoms with van der Waals surface area (Å²) in [5.74, 6) is 0. The minimum absolute atomic E-state index is 0. The monoisotopic (exact) mass is 419 g/mol. The van der Waals surface area contributed by atoms with Crippen molar-refractivity contribution in [2.75, 3.05) is 0 Å². The number of halogens is 2. The predicted molar refractivity (Wildman–Crippen MR) is 104 cm³/mol. The summed E-state index contributed by atoms with van der Waals surface area (Å²) in [4.78, 5) is 0. The van der Waals surface area contributed by atoms with Gasteiger partial charge in [0.05, 0.1) is 0 Å². The van der Waals surface area contributed by atoms with Crippen molar-refractivity contribution in [3.8, 4) is 0 Å². The fourth-order valence-corrected chi connectivity index (χ4v) is 3.07. The van der Waals surface area contributed by atoms with E-state index in [4.69, 9.17) is 0 Å². The maximum absolute atomic E-state index is 2.29. The molecule has 0 aromatic carbocycles. The fraction of sp³-hybridized carbons (Fsp3) is 0.762. The summed E-state index contributed by atoms with van der Waals surface area (Å²) in [7, 11) is 0. The maximum atomic E-state index is 2.29. The minimum Gasteiger partial charge on any atom is -1.00 e. The van der Waals surface area contributed by atoms with Gasteiger partial charge in [0.2, 0.25) is 0 Å². The molecule has 0 unspecified atom stereocenters. The molecule has 1 aromatic heterocycles. The quantitative estimate of drug-likeness (QED) is 0.299. The van der Waals surface area contributed by atoms with E-state index in [9.17, 15) is 0 Å². The van der Waals surface area contributed by atoms with Crippen LogP contribution in [0.4, 0.5) is 0 Å². The van der Waals surface area contributed by atoms with Gasteiger partial charge in [-0.05, 0) is 6.42 Å². The molecule has 0 aliphatic carbocycles. The van der Waals surface area contributed by atoms with Gasteiger partial charge >= 0.3 is 0 Å². The van der Waals surface area contributed by atoms with E-state index < -0.39 is 0 Å². The van der Waals surface area contributed by atoms with Crippen LogP contribution in [0.5, 0.6) is 0 Å². The molecule has 0 spiro atoms. The highest BCUT2D eigenvalue weighted by Crippen LogP contribution is 2.12. The molecule has 3 heteroatoms. The lowest BCUT2D eigenvalue weighted by Crippen LogP contribution is -3.00. The van der Waals surface area contributed by atoms with E-state index in [1.165, 1.54) is 96.4 Å². The second-order valence-corrected chi connectivity index (χ2v) is 6.71. The van der Waals surface area contributed by atoms with Crippen LogP contribution in [0.1, 0.15) is 96.8 Å². The zero-order valence-electron chi connectivity index (χ0n) is 15.7. The Morgan fingerprint density at radius 3 is 1.33 bits per heavy atom. The predicted octanol–water partition coefficient (Wildman–Crippen LogP) is 3.88. The molecule has 0 atom stereocenters. The minimum atomic E-state index is 0. The molecule has 0 fully saturated rings. The Bertz CT molecular complexity index is 332. The van der Waals surface area contributed by atoms with Gasteiger partial charge in [-0.15, -0.1) is 12.4 Å². The number of rotatable bonds is 15. The largest absolute Gasteiger partial charge is 1.00 e. The maximum Gasteiger partial charge on any atom is 0.168 e. The van der Waals surface area contributed by atoms with Crippen molar-refractivity contribution in [2.45, 2.75) is 103 Å². The van der Waals surface area contributed by atoms with Gasteiger partial charge in [-0.1, -0.05) is 90.0 Å². The van der Waals surface area contributed by atoms with Crippen LogP contribution < -0.4 is 21.5 Å². The van der Waals surface area contributed by atoms with Crippen LogP contribution in [-0.2, 0) is 6.54 Å². The number of aromatic nitrogens is 1. The first-order valence-corrected chi connectivity index (χ1v) is 9.87. The van der Waals surface area contributed by atoms with Crippen LogP contribution in [0.25, 0.3) is 0 Å². The van der Waals surface area contributed by atoms with E-state index in [0.717, 1.165) is 0 Å². The Hall–Kier alpha value is -0.0800. The van der Waals surface area contributed by atoms with Crippen molar-refractivity contribution in [1.82, 2.24) is 0 Å². The van der Waals surface area contributed by atoms with Gasteiger partial charge in [-0.25, -0.2) is 4.57 Å². The van der Waals surface area contributed by atoms with Gasteiger partial charge < -0.3 is 17.0 Å². The summed E-state index contributed by atoms with van der Waals surface area (Å²) in [6.45, 7) is 3.47. The van der Waals surface area contributed by atoms with Crippen molar-refractivity contribution >= 4 is 12.4 Å². The molecule has 0 saturated heterocycles. The first kappa shape index (κ1) is 26.2. The average Bonchev–Trinajstić information content (AvgIpc) is 2.56. The molecule has 1 rings (SSSR count). The number of nitrogens with zero attached hydrogens (tertiary/aromatic N) is 1. The van der Waals surface area contributed by atoms with Crippen LogP contribution in [-0.4, -0.2) is 0 Å². The molecule has 0 bridgehead atoms. The molecular formula is C21H39BrClN. The van der Waals surface area contributed by atoms with Gasteiger partial charge in [0.15, 0.2) is 12.4 Å². The van der Waals surface area contributed by atoms with Gasteiger partial charge in [0.25, 0.3) is 0 Å². The second-order valence-electron chi connectivity index (χ2n) is 6.71. The van der Waals surface area contributed by atoms with Crippen molar-refractivity contribution in [3.05, 3.63) is 30.6 Å². The molecule has 0 radical (unpaired) electrons. The molecular weight excluding hydrogens is 382 g/mol. The number of pyridine rings is 1. The molecule has 24 heavy (non-hydrogen) atoms. The molecule has 1 heterocycles. The SMILES string of the molecule is CCCCCCCCCCCCCCCC[n+]1ccccc1.Cl.[Br-]. The molecule has 0 aliphatic rings. The third-order valence-electron chi connectivity index (χ3n) is 4.55. The van der Waals surface area contributed by atoms with E-state index in [-0.39, 0.29) is 29.4 Å². The Balaban J connectivity index is 0. The highest BCUT2D eigenvalue weighted by molar-refractivity contribution is 5.85. The van der Waals surface area contributed by atoms with Crippen LogP contribution >= 0.6 is 12.4 Å². The Kier molecular flexibility index (Phi) is 22.8. The molecule has 1 nitrogen and oxygen atoms in total. The van der Waals surface area contributed by atoms with Crippen LogP contribution in [0.3, 0.4) is 0 Å². The molecule has 1 aromatic rings. The number of hydrogen-bond acceptors (Lipinski definition) is 0. The zero-order valence-corrected chi connectivity index (χ0v) is 18.1. The summed E-state index contributed by atoms with van der Waals surface area (Å²) in [6.07, 6.45) is 24.4. The summed E-state index contributed by atoms with van der Waals surface area (Å²) < 4.78 is 2.29.